The van der Waals surface area contributed by atoms with Crippen LogP contribution in [0.2, 0.25) is 0 Å². The normalized spacial score (nSPS) is 20.4. The van der Waals surface area contributed by atoms with Crippen LogP contribution in [0, 0.1) is 17.2 Å². The lowest BCUT2D eigenvalue weighted by molar-refractivity contribution is -0.138. The van der Waals surface area contributed by atoms with E-state index in [4.69, 9.17) is 4.74 Å². The number of ether oxygens (including phenoxy) is 2. The molecule has 34 heavy (non-hydrogen) atoms. The predicted molar refractivity (Wildman–Crippen MR) is 132 cm³/mol. The van der Waals surface area contributed by atoms with Gasteiger partial charge in [-0.3, -0.25) is 9.59 Å². The van der Waals surface area contributed by atoms with E-state index >= 15 is 0 Å². The Labute approximate surface area is 204 Å². The minimum Gasteiger partial charge on any atom is -0.493 e. The minimum atomic E-state index is -0.434. The van der Waals surface area contributed by atoms with E-state index in [1.54, 1.807) is 11.0 Å². The van der Waals surface area contributed by atoms with Gasteiger partial charge < -0.3 is 14.4 Å². The van der Waals surface area contributed by atoms with E-state index < -0.39 is 5.82 Å². The highest BCUT2D eigenvalue weighted by Crippen LogP contribution is 2.46. The monoisotopic (exact) mass is 475 g/mol. The molecule has 0 spiro atoms. The third-order valence-corrected chi connectivity index (χ3v) is 7.08. The van der Waals surface area contributed by atoms with Gasteiger partial charge in [0.1, 0.15) is 17.2 Å². The fourth-order valence-electron chi connectivity index (χ4n) is 4.64. The van der Waals surface area contributed by atoms with E-state index in [2.05, 4.69) is 18.6 Å². The Kier molecular flexibility index (Phi) is 8.64. The third-order valence-electron chi connectivity index (χ3n) is 7.08. The highest BCUT2D eigenvalue weighted by molar-refractivity contribution is 5.95. The summed E-state index contributed by atoms with van der Waals surface area (Å²) in [6, 6.07) is 3.26. The van der Waals surface area contributed by atoms with Gasteiger partial charge in [0, 0.05) is 19.2 Å². The summed E-state index contributed by atoms with van der Waals surface area (Å²) in [5.41, 5.74) is 1.39. The van der Waals surface area contributed by atoms with Crippen LogP contribution in [0.4, 0.5) is 4.39 Å². The number of likely N-dealkylation sites (tertiary alicyclic amines) is 1. The fourth-order valence-corrected chi connectivity index (χ4v) is 4.64. The number of benzene rings is 1. The van der Waals surface area contributed by atoms with Crippen LogP contribution in [0.3, 0.4) is 0 Å². The van der Waals surface area contributed by atoms with Crippen molar-refractivity contribution in [2.24, 2.45) is 11.3 Å². The van der Waals surface area contributed by atoms with Gasteiger partial charge in [-0.05, 0) is 101 Å². The maximum atomic E-state index is 14.8. The summed E-state index contributed by atoms with van der Waals surface area (Å²) >= 11 is 0. The van der Waals surface area contributed by atoms with Crippen LogP contribution in [-0.4, -0.2) is 42.6 Å². The van der Waals surface area contributed by atoms with Crippen molar-refractivity contribution in [2.45, 2.75) is 97.5 Å². The zero-order valence-corrected chi connectivity index (χ0v) is 21.6. The molecule has 0 radical (unpaired) electrons. The van der Waals surface area contributed by atoms with E-state index in [9.17, 15) is 14.0 Å². The van der Waals surface area contributed by atoms with Crippen LogP contribution in [0.15, 0.2) is 12.1 Å². The predicted octanol–water partition coefficient (Wildman–Crippen LogP) is 6.49. The van der Waals surface area contributed by atoms with Gasteiger partial charge in [-0.2, -0.15) is 0 Å². The molecule has 190 valence electrons. The molecule has 1 aromatic rings. The average molecular weight is 476 g/mol. The van der Waals surface area contributed by atoms with Gasteiger partial charge >= 0.3 is 0 Å². The van der Waals surface area contributed by atoms with Crippen molar-refractivity contribution >= 4 is 12.4 Å². The van der Waals surface area contributed by atoms with Crippen molar-refractivity contribution in [3.8, 4) is 5.75 Å². The first-order valence-electron chi connectivity index (χ1n) is 12.9. The lowest BCUT2D eigenvalue weighted by atomic mass is 9.73. The molecule has 1 heterocycles. The molecule has 0 unspecified atom stereocenters. The van der Waals surface area contributed by atoms with Gasteiger partial charge in [-0.25, -0.2) is 4.39 Å². The van der Waals surface area contributed by atoms with Crippen LogP contribution in [0.1, 0.15) is 108 Å². The molecule has 0 aromatic heterocycles. The van der Waals surface area contributed by atoms with Crippen LogP contribution in [0.25, 0.3) is 0 Å². The van der Waals surface area contributed by atoms with E-state index in [1.807, 2.05) is 20.8 Å². The van der Waals surface area contributed by atoms with Gasteiger partial charge in [0.2, 0.25) is 0 Å². The van der Waals surface area contributed by atoms with Crippen molar-refractivity contribution in [1.29, 1.82) is 0 Å². The minimum absolute atomic E-state index is 0.159. The second-order valence-corrected chi connectivity index (χ2v) is 11.9. The first-order chi connectivity index (χ1) is 16.0. The van der Waals surface area contributed by atoms with Crippen LogP contribution >= 0.6 is 0 Å². The number of rotatable bonds is 6. The summed E-state index contributed by atoms with van der Waals surface area (Å²) in [6.45, 7) is 12.7. The van der Waals surface area contributed by atoms with Crippen molar-refractivity contribution in [3.63, 3.8) is 0 Å². The second kappa shape index (κ2) is 11.1. The number of carbonyl (C=O) groups is 2. The zero-order valence-electron chi connectivity index (χ0n) is 21.6. The molecule has 2 aliphatic carbocycles. The number of amides is 1. The maximum Gasteiger partial charge on any atom is 0.293 e. The van der Waals surface area contributed by atoms with Crippen LogP contribution < -0.4 is 4.74 Å². The summed E-state index contributed by atoms with van der Waals surface area (Å²) in [6.07, 6.45) is 9.07. The molecular weight excluding hydrogens is 433 g/mol. The standard InChI is InChI=1S/C23H32FNO2.C5H10O2/c1-23(2)9-7-16(8-10-23)15-27-21-14-20(24)19(13-18(21)17-5-6-17)22(26)25-11-3-4-12-25;1-5(2,3)7-4-6/h13-14,16-17H,3-12,15H2,1-2H3;4H,1-3H3. The quantitative estimate of drug-likeness (QED) is 0.441. The number of nitrogens with zero attached hydrogens (tertiary/aromatic N) is 1. The first-order valence-corrected chi connectivity index (χ1v) is 12.9. The molecule has 0 N–H and O–H groups in total. The highest BCUT2D eigenvalue weighted by Gasteiger charge is 2.32. The SMILES string of the molecule is CC(C)(C)OC=O.CC1(C)CCC(COc2cc(F)c(C(=O)N3CCCC3)cc2C2CC2)CC1. The largest absolute Gasteiger partial charge is 0.493 e. The van der Waals surface area contributed by atoms with Crippen molar-refractivity contribution in [1.82, 2.24) is 4.90 Å². The third kappa shape index (κ3) is 7.71. The molecule has 0 bridgehead atoms. The van der Waals surface area contributed by atoms with Crippen molar-refractivity contribution in [3.05, 3.63) is 29.1 Å². The lowest BCUT2D eigenvalue weighted by Gasteiger charge is -2.34. The molecule has 2 saturated carbocycles. The maximum absolute atomic E-state index is 14.8. The van der Waals surface area contributed by atoms with E-state index in [0.29, 0.717) is 36.1 Å². The van der Waals surface area contributed by atoms with Gasteiger partial charge in [0.25, 0.3) is 12.4 Å². The van der Waals surface area contributed by atoms with Crippen LogP contribution in [-0.2, 0) is 9.53 Å². The molecule has 6 heteroatoms. The summed E-state index contributed by atoms with van der Waals surface area (Å²) in [7, 11) is 0. The fraction of sp³-hybridized carbons (Fsp3) is 0.714. The van der Waals surface area contributed by atoms with E-state index in [1.165, 1.54) is 31.7 Å². The smallest absolute Gasteiger partial charge is 0.293 e. The Morgan fingerprint density at radius 3 is 2.24 bits per heavy atom. The van der Waals surface area contributed by atoms with Gasteiger partial charge in [0.15, 0.2) is 0 Å². The van der Waals surface area contributed by atoms with Crippen molar-refractivity contribution < 1.29 is 23.5 Å². The topological polar surface area (TPSA) is 55.8 Å². The Balaban J connectivity index is 0.000000406. The molecule has 4 rings (SSSR count). The molecule has 5 nitrogen and oxygen atoms in total. The Bertz CT molecular complexity index is 841. The molecule has 1 aliphatic heterocycles. The summed E-state index contributed by atoms with van der Waals surface area (Å²) < 4.78 is 25.4. The number of halogens is 1. The lowest BCUT2D eigenvalue weighted by Crippen LogP contribution is -2.28. The molecule has 1 saturated heterocycles. The Morgan fingerprint density at radius 2 is 1.74 bits per heavy atom. The van der Waals surface area contributed by atoms with Gasteiger partial charge in [0.05, 0.1) is 12.2 Å². The molecule has 0 atom stereocenters. The van der Waals surface area contributed by atoms with Crippen molar-refractivity contribution in [2.75, 3.05) is 19.7 Å². The summed E-state index contributed by atoms with van der Waals surface area (Å²) in [5.74, 6) is 1.05. The Morgan fingerprint density at radius 1 is 1.12 bits per heavy atom. The number of hydrogen-bond acceptors (Lipinski definition) is 4. The van der Waals surface area contributed by atoms with E-state index in [-0.39, 0.29) is 17.1 Å². The number of carbonyl (C=O) groups excluding carboxylic acids is 2. The molecular formula is C28H42FNO4. The first kappa shape index (κ1) is 26.5. The Hall–Kier alpha value is -2.11. The second-order valence-electron chi connectivity index (χ2n) is 11.9. The molecule has 3 aliphatic rings. The van der Waals surface area contributed by atoms with Crippen LogP contribution in [0.5, 0.6) is 5.75 Å². The van der Waals surface area contributed by atoms with E-state index in [0.717, 1.165) is 44.3 Å². The van der Waals surface area contributed by atoms with Gasteiger partial charge in [-0.1, -0.05) is 13.8 Å². The molecule has 1 aromatic carbocycles. The van der Waals surface area contributed by atoms with Gasteiger partial charge in [-0.15, -0.1) is 0 Å². The number of hydrogen-bond donors (Lipinski definition) is 0. The average Bonchev–Trinajstić information content (AvgIpc) is 3.45. The molecule has 3 fully saturated rings. The zero-order chi connectivity index (χ0) is 24.9. The molecule has 1 amide bonds. The highest BCUT2D eigenvalue weighted by atomic mass is 19.1. The summed E-state index contributed by atoms with van der Waals surface area (Å²) in [4.78, 5) is 24.1. The summed E-state index contributed by atoms with van der Waals surface area (Å²) in [5, 5.41) is 0.